The number of halogens is 3. The number of alkyl halides is 3. The van der Waals surface area contributed by atoms with Crippen molar-refractivity contribution in [2.24, 2.45) is 0 Å². The molecule has 0 N–H and O–H groups in total. The molecule has 0 amide bonds. The normalized spacial score (nSPS) is 14.0. The summed E-state index contributed by atoms with van der Waals surface area (Å²) in [4.78, 5) is 11.1. The predicted octanol–water partition coefficient (Wildman–Crippen LogP) is 5.43. The van der Waals surface area contributed by atoms with E-state index >= 15 is 0 Å². The molecule has 1 aromatic rings. The van der Waals surface area contributed by atoms with E-state index < -0.39 is 26.3 Å². The number of benzene rings is 1. The van der Waals surface area contributed by atoms with E-state index in [2.05, 4.69) is 24.4 Å². The highest BCUT2D eigenvalue weighted by atomic mass is 28.3. The van der Waals surface area contributed by atoms with Gasteiger partial charge in [-0.25, -0.2) is 4.79 Å². The van der Waals surface area contributed by atoms with Crippen LogP contribution in [0.25, 0.3) is 0 Å². The van der Waals surface area contributed by atoms with Crippen LogP contribution in [0.15, 0.2) is 36.4 Å². The predicted molar refractivity (Wildman–Crippen MR) is 88.0 cm³/mol. The van der Waals surface area contributed by atoms with Gasteiger partial charge in [-0.15, -0.1) is 0 Å². The molecule has 2 nitrogen and oxygen atoms in total. The Kier molecular flexibility index (Phi) is 6.62. The molecule has 0 bridgehead atoms. The van der Waals surface area contributed by atoms with Gasteiger partial charge >= 0.3 is 12.1 Å². The lowest BCUT2D eigenvalue weighted by atomic mass is 10.0. The number of ether oxygens (including phenoxy) is 1. The maximum absolute atomic E-state index is 12.4. The molecule has 0 saturated heterocycles. The molecule has 0 heterocycles. The van der Waals surface area contributed by atoms with E-state index in [0.29, 0.717) is 5.56 Å². The van der Waals surface area contributed by atoms with Crippen LogP contribution in [-0.4, -0.2) is 20.2 Å². The SMILES string of the molecule is Cc1ccc(C(C/C=C/C[Si](C)(C)C)OC(=O)C(F)(F)F)cc1. The fourth-order valence-corrected chi connectivity index (χ4v) is 2.76. The molecule has 1 unspecified atom stereocenters. The van der Waals surface area contributed by atoms with Gasteiger partial charge in [0.25, 0.3) is 0 Å². The number of rotatable bonds is 6. The van der Waals surface area contributed by atoms with E-state index in [1.54, 1.807) is 30.3 Å². The Morgan fingerprint density at radius 1 is 1.17 bits per heavy atom. The zero-order chi connectivity index (χ0) is 17.7. The van der Waals surface area contributed by atoms with Gasteiger partial charge in [0.05, 0.1) is 0 Å². The van der Waals surface area contributed by atoms with Crippen LogP contribution in [0, 0.1) is 6.92 Å². The first-order chi connectivity index (χ1) is 10.5. The van der Waals surface area contributed by atoms with E-state index in [1.807, 2.05) is 13.0 Å². The monoisotopic (exact) mass is 344 g/mol. The Hall–Kier alpha value is -1.56. The number of hydrogen-bond acceptors (Lipinski definition) is 2. The topological polar surface area (TPSA) is 26.3 Å². The molecule has 0 radical (unpaired) electrons. The first-order valence-corrected chi connectivity index (χ1v) is 11.2. The largest absolute Gasteiger partial charge is 0.490 e. The molecule has 0 aliphatic carbocycles. The third-order valence-corrected chi connectivity index (χ3v) is 4.64. The second-order valence-corrected chi connectivity index (χ2v) is 12.3. The molecule has 0 aliphatic heterocycles. The van der Waals surface area contributed by atoms with Crippen LogP contribution in [0.1, 0.15) is 23.7 Å². The standard InChI is InChI=1S/C17H23F3O2Si/c1-13-8-10-14(11-9-13)15(22-16(21)17(18,19)20)7-5-6-12-23(2,3)4/h5-6,8-11,15H,7,12H2,1-4H3/b6-5+. The molecule has 6 heteroatoms. The summed E-state index contributed by atoms with van der Waals surface area (Å²) in [6.45, 7) is 8.50. The second-order valence-electron chi connectivity index (χ2n) is 6.77. The van der Waals surface area contributed by atoms with E-state index in [4.69, 9.17) is 0 Å². The second kappa shape index (κ2) is 7.81. The summed E-state index contributed by atoms with van der Waals surface area (Å²) in [6, 6.07) is 7.89. The molecule has 1 aromatic carbocycles. The van der Waals surface area contributed by atoms with Gasteiger partial charge in [-0.1, -0.05) is 61.6 Å². The fourth-order valence-electron chi connectivity index (χ4n) is 1.89. The van der Waals surface area contributed by atoms with Crippen molar-refractivity contribution in [3.05, 3.63) is 47.5 Å². The Labute approximate surface area is 136 Å². The van der Waals surface area contributed by atoms with Gasteiger partial charge in [-0.2, -0.15) is 13.2 Å². The smallest absolute Gasteiger partial charge is 0.451 e. The molecule has 23 heavy (non-hydrogen) atoms. The quantitative estimate of drug-likeness (QED) is 0.391. The number of carbonyl (C=O) groups excluding carboxylic acids is 1. The summed E-state index contributed by atoms with van der Waals surface area (Å²) in [5.74, 6) is -2.15. The zero-order valence-electron chi connectivity index (χ0n) is 13.9. The number of carbonyl (C=O) groups is 1. The molecule has 0 aliphatic rings. The number of allylic oxidation sites excluding steroid dienone is 1. The number of aryl methyl sites for hydroxylation is 1. The van der Waals surface area contributed by atoms with Crippen LogP contribution >= 0.6 is 0 Å². The van der Waals surface area contributed by atoms with Gasteiger partial charge in [-0.3, -0.25) is 0 Å². The summed E-state index contributed by atoms with van der Waals surface area (Å²) in [5, 5.41) is 0. The summed E-state index contributed by atoms with van der Waals surface area (Å²) in [6.07, 6.45) is -1.91. The van der Waals surface area contributed by atoms with Crippen LogP contribution in [0.5, 0.6) is 0 Å². The highest BCUT2D eigenvalue weighted by Crippen LogP contribution is 2.27. The maximum atomic E-state index is 12.4. The maximum Gasteiger partial charge on any atom is 0.490 e. The van der Waals surface area contributed by atoms with Crippen LogP contribution in [0.4, 0.5) is 13.2 Å². The van der Waals surface area contributed by atoms with Crippen LogP contribution in [0.3, 0.4) is 0 Å². The van der Waals surface area contributed by atoms with Crippen molar-refractivity contribution < 1.29 is 22.7 Å². The minimum atomic E-state index is -4.98. The van der Waals surface area contributed by atoms with Crippen LogP contribution in [0.2, 0.25) is 25.7 Å². The lowest BCUT2D eigenvalue weighted by molar-refractivity contribution is -0.205. The Morgan fingerprint density at radius 2 is 1.74 bits per heavy atom. The number of hydrogen-bond donors (Lipinski definition) is 0. The number of esters is 1. The molecular weight excluding hydrogens is 321 g/mol. The highest BCUT2D eigenvalue weighted by molar-refractivity contribution is 6.76. The van der Waals surface area contributed by atoms with Crippen molar-refractivity contribution in [1.82, 2.24) is 0 Å². The molecule has 128 valence electrons. The van der Waals surface area contributed by atoms with Crippen LogP contribution < -0.4 is 0 Å². The average molecular weight is 344 g/mol. The van der Waals surface area contributed by atoms with Crippen LogP contribution in [-0.2, 0) is 9.53 Å². The van der Waals surface area contributed by atoms with E-state index in [9.17, 15) is 18.0 Å². The van der Waals surface area contributed by atoms with Crippen molar-refractivity contribution in [3.8, 4) is 0 Å². The third kappa shape index (κ3) is 7.50. The first kappa shape index (κ1) is 19.5. The summed E-state index contributed by atoms with van der Waals surface area (Å²) in [5.41, 5.74) is 1.55. The lowest BCUT2D eigenvalue weighted by Crippen LogP contribution is -2.27. The molecule has 1 atom stereocenters. The highest BCUT2D eigenvalue weighted by Gasteiger charge is 2.42. The van der Waals surface area contributed by atoms with Gasteiger partial charge < -0.3 is 4.74 Å². The van der Waals surface area contributed by atoms with E-state index in [-0.39, 0.29) is 6.42 Å². The molecular formula is C17H23F3O2Si. The van der Waals surface area contributed by atoms with Crippen molar-refractivity contribution in [2.75, 3.05) is 0 Å². The van der Waals surface area contributed by atoms with Crippen molar-refractivity contribution in [1.29, 1.82) is 0 Å². The molecule has 0 saturated carbocycles. The minimum absolute atomic E-state index is 0.232. The Morgan fingerprint density at radius 3 is 2.22 bits per heavy atom. The summed E-state index contributed by atoms with van der Waals surface area (Å²) < 4.78 is 42.0. The average Bonchev–Trinajstić information content (AvgIpc) is 2.41. The lowest BCUT2D eigenvalue weighted by Gasteiger charge is -2.18. The van der Waals surface area contributed by atoms with E-state index in [0.717, 1.165) is 11.6 Å². The molecule has 1 rings (SSSR count). The minimum Gasteiger partial charge on any atom is -0.451 e. The van der Waals surface area contributed by atoms with Gasteiger partial charge in [0.15, 0.2) is 0 Å². The van der Waals surface area contributed by atoms with Gasteiger partial charge in [0, 0.05) is 14.5 Å². The summed E-state index contributed by atoms with van der Waals surface area (Å²) in [7, 11) is -1.25. The van der Waals surface area contributed by atoms with E-state index in [1.165, 1.54) is 0 Å². The zero-order valence-corrected chi connectivity index (χ0v) is 14.9. The van der Waals surface area contributed by atoms with Crippen molar-refractivity contribution >= 4 is 14.0 Å². The van der Waals surface area contributed by atoms with Gasteiger partial charge in [-0.05, 0) is 18.5 Å². The Balaban J connectivity index is 2.84. The molecule has 0 fully saturated rings. The Bertz CT molecular complexity index is 542. The van der Waals surface area contributed by atoms with Gasteiger partial charge in [0.1, 0.15) is 6.10 Å². The molecule has 0 aromatic heterocycles. The van der Waals surface area contributed by atoms with Crippen molar-refractivity contribution in [2.45, 2.75) is 51.3 Å². The fraction of sp³-hybridized carbons (Fsp3) is 0.471. The first-order valence-electron chi connectivity index (χ1n) is 7.48. The summed E-state index contributed by atoms with van der Waals surface area (Å²) >= 11 is 0. The third-order valence-electron chi connectivity index (χ3n) is 3.18. The van der Waals surface area contributed by atoms with Crippen molar-refractivity contribution in [3.63, 3.8) is 0 Å². The molecule has 0 spiro atoms. The van der Waals surface area contributed by atoms with Gasteiger partial charge in [0.2, 0.25) is 0 Å².